The summed E-state index contributed by atoms with van der Waals surface area (Å²) in [6.45, 7) is 7.19. The molecule has 1 heterocycles. The summed E-state index contributed by atoms with van der Waals surface area (Å²) < 4.78 is 0. The van der Waals surface area contributed by atoms with E-state index in [1.165, 1.54) is 0 Å². The largest absolute Gasteiger partial charge is 0.325 e. The second kappa shape index (κ2) is 7.87. The van der Waals surface area contributed by atoms with Gasteiger partial charge < -0.3 is 10.6 Å². The van der Waals surface area contributed by atoms with Crippen molar-refractivity contribution in [3.63, 3.8) is 0 Å². The lowest BCUT2D eigenvalue weighted by Gasteiger charge is -2.23. The third kappa shape index (κ3) is 3.85. The van der Waals surface area contributed by atoms with Crippen molar-refractivity contribution in [2.75, 3.05) is 11.9 Å². The molecule has 7 heteroatoms. The van der Waals surface area contributed by atoms with Gasteiger partial charge in [0.2, 0.25) is 5.91 Å². The lowest BCUT2D eigenvalue weighted by Crippen LogP contribution is -2.42. The third-order valence-corrected chi connectivity index (χ3v) is 5.51. The molecule has 0 aliphatic carbocycles. The molecule has 0 radical (unpaired) electrons. The van der Waals surface area contributed by atoms with Crippen molar-refractivity contribution in [3.8, 4) is 0 Å². The highest BCUT2D eigenvalue weighted by molar-refractivity contribution is 6.32. The molecule has 6 nitrogen and oxygen atoms in total. The number of para-hydroxylation sites is 1. The summed E-state index contributed by atoms with van der Waals surface area (Å²) in [7, 11) is 0. The first-order valence-electron chi connectivity index (χ1n) is 9.43. The van der Waals surface area contributed by atoms with E-state index in [2.05, 4.69) is 10.6 Å². The van der Waals surface area contributed by atoms with Gasteiger partial charge >= 0.3 is 6.03 Å². The molecule has 0 spiro atoms. The quantitative estimate of drug-likeness (QED) is 0.722. The van der Waals surface area contributed by atoms with Gasteiger partial charge in [-0.25, -0.2) is 4.79 Å². The number of urea groups is 1. The van der Waals surface area contributed by atoms with E-state index in [4.69, 9.17) is 11.6 Å². The highest BCUT2D eigenvalue weighted by Crippen LogP contribution is 2.33. The van der Waals surface area contributed by atoms with E-state index in [0.29, 0.717) is 16.3 Å². The minimum atomic E-state index is -1.32. The number of hydrogen-bond acceptors (Lipinski definition) is 3. The lowest BCUT2D eigenvalue weighted by molar-refractivity contribution is -0.133. The number of aryl methyl sites for hydroxylation is 1. The van der Waals surface area contributed by atoms with Crippen LogP contribution in [0.15, 0.2) is 42.5 Å². The third-order valence-electron chi connectivity index (χ3n) is 5.18. The number of imide groups is 1. The van der Waals surface area contributed by atoms with Crippen molar-refractivity contribution in [2.45, 2.75) is 39.2 Å². The number of benzene rings is 2. The molecule has 29 heavy (non-hydrogen) atoms. The summed E-state index contributed by atoms with van der Waals surface area (Å²) >= 11 is 6.23. The number of carbonyl (C=O) groups excluding carboxylic acids is 3. The SMILES string of the molecule is Cc1cccc(C(C)C)c1NC(=O)CN1C(=O)N[C@@](C)(c2ccccc2Cl)C1=O. The van der Waals surface area contributed by atoms with E-state index in [1.54, 1.807) is 31.2 Å². The standard InChI is InChI=1S/C22H24ClN3O3/c1-13(2)15-9-7-8-14(3)19(15)24-18(27)12-26-20(28)22(4,25-21(26)29)16-10-5-6-11-17(16)23/h5-11,13H,12H2,1-4H3,(H,24,27)(H,25,29)/t22-/m0/s1. The Morgan fingerprint density at radius 1 is 1.17 bits per heavy atom. The molecule has 0 bridgehead atoms. The zero-order chi connectivity index (χ0) is 21.3. The second-order valence-electron chi connectivity index (χ2n) is 7.67. The number of nitrogens with zero attached hydrogens (tertiary/aromatic N) is 1. The number of hydrogen-bond donors (Lipinski definition) is 2. The van der Waals surface area contributed by atoms with E-state index in [9.17, 15) is 14.4 Å². The summed E-state index contributed by atoms with van der Waals surface area (Å²) in [4.78, 5) is 39.1. The molecule has 2 aromatic carbocycles. The summed E-state index contributed by atoms with van der Waals surface area (Å²) in [5.74, 6) is -0.738. The number of carbonyl (C=O) groups is 3. The van der Waals surface area contributed by atoms with Crippen LogP contribution in [0.25, 0.3) is 0 Å². The number of halogens is 1. The van der Waals surface area contributed by atoms with Crippen LogP contribution in [0.5, 0.6) is 0 Å². The molecule has 3 rings (SSSR count). The Bertz CT molecular complexity index is 989. The molecule has 1 atom stereocenters. The van der Waals surface area contributed by atoms with Gasteiger partial charge in [-0.2, -0.15) is 0 Å². The van der Waals surface area contributed by atoms with Gasteiger partial charge in [0.1, 0.15) is 12.1 Å². The van der Waals surface area contributed by atoms with Crippen LogP contribution in [-0.2, 0) is 15.1 Å². The number of rotatable bonds is 5. The van der Waals surface area contributed by atoms with E-state index >= 15 is 0 Å². The molecule has 1 saturated heterocycles. The van der Waals surface area contributed by atoms with Crippen LogP contribution in [0.1, 0.15) is 43.4 Å². The van der Waals surface area contributed by atoms with Crippen molar-refractivity contribution >= 4 is 35.1 Å². The smallest absolute Gasteiger partial charge is 0.324 e. The fraction of sp³-hybridized carbons (Fsp3) is 0.318. The Morgan fingerprint density at radius 2 is 1.86 bits per heavy atom. The molecule has 1 aliphatic heterocycles. The van der Waals surface area contributed by atoms with Crippen molar-refractivity contribution in [1.82, 2.24) is 10.2 Å². The van der Waals surface area contributed by atoms with Crippen LogP contribution in [0.4, 0.5) is 10.5 Å². The van der Waals surface area contributed by atoms with Gasteiger partial charge in [-0.1, -0.05) is 61.8 Å². The van der Waals surface area contributed by atoms with Gasteiger partial charge in [0.25, 0.3) is 5.91 Å². The average molecular weight is 414 g/mol. The maximum atomic E-state index is 13.0. The monoisotopic (exact) mass is 413 g/mol. The molecule has 2 N–H and O–H groups in total. The van der Waals surface area contributed by atoms with Crippen LogP contribution >= 0.6 is 11.6 Å². The van der Waals surface area contributed by atoms with Gasteiger partial charge in [-0.15, -0.1) is 0 Å². The first-order valence-corrected chi connectivity index (χ1v) is 9.81. The van der Waals surface area contributed by atoms with Crippen LogP contribution in [0, 0.1) is 6.92 Å². The Balaban J connectivity index is 1.81. The minimum absolute atomic E-state index is 0.213. The van der Waals surface area contributed by atoms with Crippen LogP contribution in [-0.4, -0.2) is 29.3 Å². The molecule has 0 unspecified atom stereocenters. The molecule has 1 aliphatic rings. The van der Waals surface area contributed by atoms with Gasteiger partial charge in [0.15, 0.2) is 0 Å². The molecule has 0 saturated carbocycles. The molecular weight excluding hydrogens is 390 g/mol. The predicted octanol–water partition coefficient (Wildman–Crippen LogP) is 4.18. The van der Waals surface area contributed by atoms with Gasteiger partial charge in [0, 0.05) is 16.3 Å². The Labute approximate surface area is 175 Å². The van der Waals surface area contributed by atoms with Crippen molar-refractivity contribution < 1.29 is 14.4 Å². The van der Waals surface area contributed by atoms with Crippen LogP contribution < -0.4 is 10.6 Å². The highest BCUT2D eigenvalue weighted by atomic mass is 35.5. The maximum Gasteiger partial charge on any atom is 0.325 e. The van der Waals surface area contributed by atoms with Gasteiger partial charge in [0.05, 0.1) is 0 Å². The minimum Gasteiger partial charge on any atom is -0.324 e. The van der Waals surface area contributed by atoms with E-state index in [-0.39, 0.29) is 12.5 Å². The van der Waals surface area contributed by atoms with Crippen molar-refractivity contribution in [2.24, 2.45) is 0 Å². The Kier molecular flexibility index (Phi) is 5.66. The van der Waals surface area contributed by atoms with Crippen LogP contribution in [0.3, 0.4) is 0 Å². The van der Waals surface area contributed by atoms with Gasteiger partial charge in [-0.05, 0) is 37.0 Å². The zero-order valence-corrected chi connectivity index (χ0v) is 17.6. The van der Waals surface area contributed by atoms with E-state index in [0.717, 1.165) is 16.0 Å². The predicted molar refractivity (Wildman–Crippen MR) is 113 cm³/mol. The fourth-order valence-corrected chi connectivity index (χ4v) is 3.88. The topological polar surface area (TPSA) is 78.5 Å². The summed E-state index contributed by atoms with van der Waals surface area (Å²) in [5, 5.41) is 5.91. The summed E-state index contributed by atoms with van der Waals surface area (Å²) in [5.41, 5.74) is 1.80. The second-order valence-corrected chi connectivity index (χ2v) is 8.08. The first-order chi connectivity index (χ1) is 13.6. The number of nitrogens with one attached hydrogen (secondary N) is 2. The molecule has 0 aromatic heterocycles. The Hall–Kier alpha value is -2.86. The summed E-state index contributed by atoms with van der Waals surface area (Å²) in [6, 6.07) is 12.0. The lowest BCUT2D eigenvalue weighted by atomic mass is 9.92. The van der Waals surface area contributed by atoms with Crippen molar-refractivity contribution in [3.05, 3.63) is 64.2 Å². The maximum absolute atomic E-state index is 13.0. The van der Waals surface area contributed by atoms with Gasteiger partial charge in [-0.3, -0.25) is 14.5 Å². The number of anilines is 1. The molecular formula is C22H24ClN3O3. The molecule has 4 amide bonds. The van der Waals surface area contributed by atoms with Crippen molar-refractivity contribution in [1.29, 1.82) is 0 Å². The van der Waals surface area contributed by atoms with E-state index in [1.807, 2.05) is 39.0 Å². The molecule has 2 aromatic rings. The normalized spacial score (nSPS) is 18.9. The summed E-state index contributed by atoms with van der Waals surface area (Å²) in [6.07, 6.45) is 0. The first kappa shape index (κ1) is 20.9. The Morgan fingerprint density at radius 3 is 2.52 bits per heavy atom. The zero-order valence-electron chi connectivity index (χ0n) is 16.9. The van der Waals surface area contributed by atoms with Crippen LogP contribution in [0.2, 0.25) is 5.02 Å². The van der Waals surface area contributed by atoms with E-state index < -0.39 is 23.4 Å². The molecule has 152 valence electrons. The fourth-order valence-electron chi connectivity index (χ4n) is 3.55. The highest BCUT2D eigenvalue weighted by Gasteiger charge is 2.50. The number of amides is 4. The average Bonchev–Trinajstić information content (AvgIpc) is 2.87. The molecule has 1 fully saturated rings.